The second kappa shape index (κ2) is 3.95. The molecule has 4 nitrogen and oxygen atoms in total. The van der Waals surface area contributed by atoms with Crippen LogP contribution < -0.4 is 10.1 Å². The van der Waals surface area contributed by atoms with Gasteiger partial charge < -0.3 is 10.1 Å². The average molecular weight is 259 g/mol. The summed E-state index contributed by atoms with van der Waals surface area (Å²) in [6.07, 6.45) is 3.35. The van der Waals surface area contributed by atoms with Gasteiger partial charge in [0.15, 0.2) is 11.9 Å². The maximum Gasteiger partial charge on any atom is 0.202 e. The summed E-state index contributed by atoms with van der Waals surface area (Å²) < 4.78 is 10.3. The Balaban J connectivity index is 1.53. The minimum atomic E-state index is -0.0200. The Morgan fingerprint density at radius 3 is 3.00 bits per heavy atom. The number of nitrogens with zero attached hydrogens (tertiary/aromatic N) is 2. The summed E-state index contributed by atoms with van der Waals surface area (Å²) in [4.78, 5) is 4.53. The molecule has 0 bridgehead atoms. The molecule has 1 aliphatic heterocycles. The largest absolute Gasteiger partial charge is 0.482 e. The second-order valence-corrected chi connectivity index (χ2v) is 5.55. The number of fused-ring (bicyclic) bond motifs is 1. The Labute approximate surface area is 109 Å². The maximum absolute atomic E-state index is 5.88. The van der Waals surface area contributed by atoms with Gasteiger partial charge in [-0.2, -0.15) is 9.36 Å². The van der Waals surface area contributed by atoms with Gasteiger partial charge >= 0.3 is 0 Å². The molecule has 2 aliphatic rings. The van der Waals surface area contributed by atoms with Crippen LogP contribution in [0.25, 0.3) is 0 Å². The quantitative estimate of drug-likeness (QED) is 0.920. The highest BCUT2D eigenvalue weighted by Gasteiger charge is 2.28. The third kappa shape index (κ3) is 1.84. The second-order valence-electron chi connectivity index (χ2n) is 4.79. The van der Waals surface area contributed by atoms with Gasteiger partial charge in [-0.15, -0.1) is 0 Å². The Bertz CT molecular complexity index is 554. The molecule has 0 saturated heterocycles. The van der Waals surface area contributed by atoms with Crippen LogP contribution in [-0.2, 0) is 6.42 Å². The van der Waals surface area contributed by atoms with Gasteiger partial charge in [-0.25, -0.2) is 0 Å². The van der Waals surface area contributed by atoms with E-state index in [0.717, 1.165) is 23.1 Å². The van der Waals surface area contributed by atoms with E-state index in [1.165, 1.54) is 29.9 Å². The van der Waals surface area contributed by atoms with Crippen molar-refractivity contribution in [3.63, 3.8) is 0 Å². The van der Waals surface area contributed by atoms with E-state index in [2.05, 4.69) is 20.7 Å². The van der Waals surface area contributed by atoms with Gasteiger partial charge in [-0.3, -0.25) is 0 Å². The molecule has 1 aliphatic carbocycles. The lowest BCUT2D eigenvalue weighted by molar-refractivity contribution is 0.229. The predicted octanol–water partition coefficient (Wildman–Crippen LogP) is 2.79. The van der Waals surface area contributed by atoms with Crippen molar-refractivity contribution in [2.45, 2.75) is 31.4 Å². The lowest BCUT2D eigenvalue weighted by Crippen LogP contribution is -2.06. The standard InChI is InChI=1S/C13H13N3OS/c1-2-4-10-8(3-1)7-11(17-10)12-15-13(18-16-12)14-9-5-6-9/h1-4,9,11H,5-7H2,(H,14,15,16). The zero-order chi connectivity index (χ0) is 11.9. The van der Waals surface area contributed by atoms with E-state index in [9.17, 15) is 0 Å². The molecule has 0 spiro atoms. The van der Waals surface area contributed by atoms with Crippen molar-refractivity contribution in [1.82, 2.24) is 9.36 Å². The van der Waals surface area contributed by atoms with Crippen LogP contribution in [0.1, 0.15) is 30.3 Å². The molecule has 1 N–H and O–H groups in total. The summed E-state index contributed by atoms with van der Waals surface area (Å²) in [5, 5.41) is 4.29. The first-order chi connectivity index (χ1) is 8.88. The summed E-state index contributed by atoms with van der Waals surface area (Å²) in [5.41, 5.74) is 1.24. The van der Waals surface area contributed by atoms with E-state index < -0.39 is 0 Å². The zero-order valence-corrected chi connectivity index (χ0v) is 10.6. The highest BCUT2D eigenvalue weighted by Crippen LogP contribution is 2.36. The number of hydrogen-bond donors (Lipinski definition) is 1. The Kier molecular flexibility index (Phi) is 2.26. The molecular formula is C13H13N3OS. The van der Waals surface area contributed by atoms with Gasteiger partial charge in [0.1, 0.15) is 5.75 Å². The van der Waals surface area contributed by atoms with Crippen molar-refractivity contribution in [2.75, 3.05) is 5.32 Å². The third-order valence-electron chi connectivity index (χ3n) is 3.28. The molecule has 1 saturated carbocycles. The minimum Gasteiger partial charge on any atom is -0.482 e. The van der Waals surface area contributed by atoms with Crippen molar-refractivity contribution >= 4 is 16.7 Å². The van der Waals surface area contributed by atoms with E-state index in [4.69, 9.17) is 4.74 Å². The molecule has 2 aromatic rings. The molecule has 1 unspecified atom stereocenters. The Morgan fingerprint density at radius 2 is 2.17 bits per heavy atom. The van der Waals surface area contributed by atoms with Crippen molar-refractivity contribution < 1.29 is 4.74 Å². The molecule has 0 amide bonds. The van der Waals surface area contributed by atoms with Gasteiger partial charge in [-0.1, -0.05) is 18.2 Å². The number of rotatable bonds is 3. The van der Waals surface area contributed by atoms with E-state index in [0.29, 0.717) is 6.04 Å². The number of hydrogen-bond acceptors (Lipinski definition) is 5. The zero-order valence-electron chi connectivity index (χ0n) is 9.80. The van der Waals surface area contributed by atoms with Gasteiger partial charge in [0, 0.05) is 24.0 Å². The molecule has 5 heteroatoms. The van der Waals surface area contributed by atoms with E-state index in [1.54, 1.807) is 0 Å². The molecule has 1 aromatic heterocycles. The highest BCUT2D eigenvalue weighted by atomic mass is 32.1. The number of anilines is 1. The summed E-state index contributed by atoms with van der Waals surface area (Å²) >= 11 is 1.43. The average Bonchev–Trinajstić information content (AvgIpc) is 2.92. The fourth-order valence-corrected chi connectivity index (χ4v) is 2.84. The maximum atomic E-state index is 5.88. The summed E-state index contributed by atoms with van der Waals surface area (Å²) in [6, 6.07) is 8.76. The molecule has 92 valence electrons. The van der Waals surface area contributed by atoms with Crippen molar-refractivity contribution in [2.24, 2.45) is 0 Å². The number of benzene rings is 1. The normalized spacial score (nSPS) is 21.4. The number of nitrogens with one attached hydrogen (secondary N) is 1. The summed E-state index contributed by atoms with van der Waals surface area (Å²) in [5.74, 6) is 1.77. The molecule has 1 aromatic carbocycles. The van der Waals surface area contributed by atoms with Gasteiger partial charge in [0.05, 0.1) is 0 Å². The van der Waals surface area contributed by atoms with Crippen molar-refractivity contribution in [1.29, 1.82) is 0 Å². The van der Waals surface area contributed by atoms with Crippen LogP contribution in [0.3, 0.4) is 0 Å². The van der Waals surface area contributed by atoms with Crippen molar-refractivity contribution in [3.05, 3.63) is 35.7 Å². The van der Waals surface area contributed by atoms with E-state index in [1.807, 2.05) is 18.2 Å². The lowest BCUT2D eigenvalue weighted by Gasteiger charge is -2.05. The Hall–Kier alpha value is -1.62. The van der Waals surface area contributed by atoms with Crippen molar-refractivity contribution in [3.8, 4) is 5.75 Å². The molecule has 0 radical (unpaired) electrons. The third-order valence-corrected chi connectivity index (χ3v) is 3.94. The molecule has 2 heterocycles. The number of para-hydroxylation sites is 1. The first-order valence-corrected chi connectivity index (χ1v) is 7.00. The lowest BCUT2D eigenvalue weighted by atomic mass is 10.1. The number of aromatic nitrogens is 2. The van der Waals surface area contributed by atoms with Crippen LogP contribution in [0.4, 0.5) is 5.13 Å². The SMILES string of the molecule is c1ccc2c(c1)CC(c1nsc(NC3CC3)n1)O2. The molecule has 1 fully saturated rings. The van der Waals surface area contributed by atoms with E-state index in [-0.39, 0.29) is 6.10 Å². The highest BCUT2D eigenvalue weighted by molar-refractivity contribution is 7.09. The van der Waals surface area contributed by atoms with Crippen LogP contribution in [0.5, 0.6) is 5.75 Å². The fourth-order valence-electron chi connectivity index (χ4n) is 2.15. The topological polar surface area (TPSA) is 47.0 Å². The first kappa shape index (κ1) is 10.3. The minimum absolute atomic E-state index is 0.0200. The first-order valence-electron chi connectivity index (χ1n) is 6.23. The molecule has 18 heavy (non-hydrogen) atoms. The van der Waals surface area contributed by atoms with Gasteiger partial charge in [-0.05, 0) is 24.5 Å². The summed E-state index contributed by atoms with van der Waals surface area (Å²) in [6.45, 7) is 0. The van der Waals surface area contributed by atoms with Gasteiger partial charge in [0.2, 0.25) is 5.13 Å². The smallest absolute Gasteiger partial charge is 0.202 e. The van der Waals surface area contributed by atoms with Crippen LogP contribution in [0.2, 0.25) is 0 Å². The molecular weight excluding hydrogens is 246 g/mol. The van der Waals surface area contributed by atoms with Gasteiger partial charge in [0.25, 0.3) is 0 Å². The van der Waals surface area contributed by atoms with Crippen LogP contribution in [0, 0.1) is 0 Å². The van der Waals surface area contributed by atoms with Crippen LogP contribution >= 0.6 is 11.5 Å². The predicted molar refractivity (Wildman–Crippen MR) is 70.1 cm³/mol. The molecule has 1 atom stereocenters. The molecule has 4 rings (SSSR count). The van der Waals surface area contributed by atoms with E-state index >= 15 is 0 Å². The monoisotopic (exact) mass is 259 g/mol. The number of ether oxygens (including phenoxy) is 1. The summed E-state index contributed by atoms with van der Waals surface area (Å²) in [7, 11) is 0. The van der Waals surface area contributed by atoms with Crippen LogP contribution in [-0.4, -0.2) is 15.4 Å². The van der Waals surface area contributed by atoms with Crippen LogP contribution in [0.15, 0.2) is 24.3 Å². The fraction of sp³-hybridized carbons (Fsp3) is 0.385. The Morgan fingerprint density at radius 1 is 1.28 bits per heavy atom.